The molecule has 3 aliphatic rings. The fraction of sp³-hybridized carbons (Fsp3) is 0.846. The molecule has 3 fully saturated rings. The van der Waals surface area contributed by atoms with E-state index in [9.17, 15) is 19.8 Å². The number of ketones is 1. The third-order valence-electron chi connectivity index (χ3n) is 5.29. The summed E-state index contributed by atoms with van der Waals surface area (Å²) in [5.41, 5.74) is -0.869. The van der Waals surface area contributed by atoms with Crippen LogP contribution in [0, 0.1) is 23.2 Å². The second kappa shape index (κ2) is 3.78. The summed E-state index contributed by atoms with van der Waals surface area (Å²) in [5, 5.41) is 19.5. The second-order valence-electron chi connectivity index (χ2n) is 5.83. The molecule has 0 aromatic rings. The molecule has 100 valence electrons. The Labute approximate surface area is 105 Å². The molecule has 0 saturated heterocycles. The van der Waals surface area contributed by atoms with Gasteiger partial charge in [0.1, 0.15) is 6.10 Å². The number of aliphatic hydroxyl groups is 2. The van der Waals surface area contributed by atoms with Gasteiger partial charge in [-0.25, -0.2) is 0 Å². The number of methoxy groups -OCH3 is 1. The van der Waals surface area contributed by atoms with Gasteiger partial charge in [0.2, 0.25) is 0 Å². The zero-order valence-corrected chi connectivity index (χ0v) is 10.3. The van der Waals surface area contributed by atoms with Gasteiger partial charge in [-0.2, -0.15) is 0 Å². The molecule has 0 spiro atoms. The molecule has 5 heteroatoms. The van der Waals surface area contributed by atoms with E-state index in [1.165, 1.54) is 7.11 Å². The zero-order chi connectivity index (χ0) is 13.1. The van der Waals surface area contributed by atoms with E-state index >= 15 is 0 Å². The highest BCUT2D eigenvalue weighted by molar-refractivity contribution is 5.96. The first-order valence-corrected chi connectivity index (χ1v) is 6.52. The van der Waals surface area contributed by atoms with Gasteiger partial charge in [0.15, 0.2) is 5.78 Å². The van der Waals surface area contributed by atoms with Gasteiger partial charge in [0.05, 0.1) is 18.6 Å². The summed E-state index contributed by atoms with van der Waals surface area (Å²) in [6.07, 6.45) is 0.515. The summed E-state index contributed by atoms with van der Waals surface area (Å²) in [6.45, 7) is 0. The molecule has 0 aromatic heterocycles. The molecule has 18 heavy (non-hydrogen) atoms. The minimum Gasteiger partial charge on any atom is -0.469 e. The van der Waals surface area contributed by atoms with Crippen LogP contribution >= 0.6 is 0 Å². The van der Waals surface area contributed by atoms with Crippen molar-refractivity contribution in [3.63, 3.8) is 0 Å². The number of carbonyl (C=O) groups excluding carboxylic acids is 2. The van der Waals surface area contributed by atoms with Crippen LogP contribution in [-0.2, 0) is 14.3 Å². The van der Waals surface area contributed by atoms with Gasteiger partial charge in [0, 0.05) is 5.92 Å². The number of rotatable bonds is 1. The summed E-state index contributed by atoms with van der Waals surface area (Å²) in [6, 6.07) is 0. The average Bonchev–Trinajstić information content (AvgIpc) is 2.77. The normalized spacial score (nSPS) is 50.2. The Hall–Kier alpha value is -0.940. The zero-order valence-electron chi connectivity index (χ0n) is 10.3. The Morgan fingerprint density at radius 1 is 1.39 bits per heavy atom. The Balaban J connectivity index is 2.01. The van der Waals surface area contributed by atoms with Crippen molar-refractivity contribution in [1.29, 1.82) is 0 Å². The van der Waals surface area contributed by atoms with Crippen LogP contribution in [-0.4, -0.2) is 41.3 Å². The summed E-state index contributed by atoms with van der Waals surface area (Å²) in [7, 11) is 1.32. The fourth-order valence-corrected chi connectivity index (χ4v) is 4.65. The van der Waals surface area contributed by atoms with Crippen LogP contribution < -0.4 is 0 Å². The predicted molar refractivity (Wildman–Crippen MR) is 60.4 cm³/mol. The second-order valence-corrected chi connectivity index (χ2v) is 5.83. The van der Waals surface area contributed by atoms with Gasteiger partial charge in [-0.15, -0.1) is 0 Å². The number of hydrogen-bond acceptors (Lipinski definition) is 5. The Morgan fingerprint density at radius 3 is 2.78 bits per heavy atom. The van der Waals surface area contributed by atoms with Crippen LogP contribution in [0.5, 0.6) is 0 Å². The van der Waals surface area contributed by atoms with Crippen LogP contribution in [0.25, 0.3) is 0 Å². The summed E-state index contributed by atoms with van der Waals surface area (Å²) >= 11 is 0. The highest BCUT2D eigenvalue weighted by atomic mass is 16.5. The molecule has 0 amide bonds. The minimum atomic E-state index is -1.34. The first-order valence-electron chi connectivity index (χ1n) is 6.52. The van der Waals surface area contributed by atoms with E-state index in [0.29, 0.717) is 0 Å². The number of fused-ring (bicyclic) bond motifs is 4. The molecule has 0 radical (unpaired) electrons. The molecule has 0 bridgehead atoms. The molecule has 2 N–H and O–H groups in total. The van der Waals surface area contributed by atoms with E-state index in [1.54, 1.807) is 0 Å². The SMILES string of the molecule is COC(=O)[C@@]12C[C@@H](O)[C@@H](O)C(=O)[C@@H]1[C@H]1CCC[C@H]12. The van der Waals surface area contributed by atoms with Crippen molar-refractivity contribution in [2.75, 3.05) is 7.11 Å². The van der Waals surface area contributed by atoms with Gasteiger partial charge in [-0.05, 0) is 31.1 Å². The maximum absolute atomic E-state index is 12.1. The maximum atomic E-state index is 12.1. The first-order chi connectivity index (χ1) is 8.54. The van der Waals surface area contributed by atoms with Crippen molar-refractivity contribution in [3.05, 3.63) is 0 Å². The maximum Gasteiger partial charge on any atom is 0.312 e. The van der Waals surface area contributed by atoms with Crippen molar-refractivity contribution < 1.29 is 24.5 Å². The largest absolute Gasteiger partial charge is 0.469 e. The van der Waals surface area contributed by atoms with E-state index in [-0.39, 0.29) is 24.0 Å². The molecular weight excluding hydrogens is 236 g/mol. The third-order valence-corrected chi connectivity index (χ3v) is 5.29. The van der Waals surface area contributed by atoms with Crippen LogP contribution in [0.15, 0.2) is 0 Å². The van der Waals surface area contributed by atoms with E-state index in [0.717, 1.165) is 19.3 Å². The molecule has 3 rings (SSSR count). The molecule has 0 heterocycles. The lowest BCUT2D eigenvalue weighted by Crippen LogP contribution is -2.69. The van der Waals surface area contributed by atoms with Gasteiger partial charge < -0.3 is 14.9 Å². The number of esters is 1. The molecule has 0 unspecified atom stereocenters. The van der Waals surface area contributed by atoms with Gasteiger partial charge in [0.25, 0.3) is 0 Å². The fourth-order valence-electron chi connectivity index (χ4n) is 4.65. The topological polar surface area (TPSA) is 83.8 Å². The number of aliphatic hydroxyl groups excluding tert-OH is 2. The number of Topliss-reactive ketones (excluding diaryl/α,β-unsaturated/α-hetero) is 1. The van der Waals surface area contributed by atoms with Crippen LogP contribution in [0.4, 0.5) is 0 Å². The smallest absolute Gasteiger partial charge is 0.312 e. The van der Waals surface area contributed by atoms with Crippen LogP contribution in [0.2, 0.25) is 0 Å². The number of carbonyl (C=O) groups is 2. The molecule has 6 atom stereocenters. The predicted octanol–water partition coefficient (Wildman–Crippen LogP) is -0.114. The molecular formula is C13H18O5. The van der Waals surface area contributed by atoms with E-state index in [4.69, 9.17) is 4.74 Å². The summed E-state index contributed by atoms with van der Waals surface area (Å²) < 4.78 is 4.87. The number of ether oxygens (including phenoxy) is 1. The Bertz CT molecular complexity index is 406. The van der Waals surface area contributed by atoms with Crippen molar-refractivity contribution in [3.8, 4) is 0 Å². The van der Waals surface area contributed by atoms with Crippen molar-refractivity contribution in [2.24, 2.45) is 23.2 Å². The van der Waals surface area contributed by atoms with E-state index < -0.39 is 29.5 Å². The summed E-state index contributed by atoms with van der Waals surface area (Å²) in [4.78, 5) is 24.3. The van der Waals surface area contributed by atoms with Crippen LogP contribution in [0.3, 0.4) is 0 Å². The highest BCUT2D eigenvalue weighted by Gasteiger charge is 2.73. The quantitative estimate of drug-likeness (QED) is 0.638. The number of hydrogen-bond donors (Lipinski definition) is 2. The highest BCUT2D eigenvalue weighted by Crippen LogP contribution is 2.67. The minimum absolute atomic E-state index is 0.140. The van der Waals surface area contributed by atoms with Gasteiger partial charge >= 0.3 is 5.97 Å². The van der Waals surface area contributed by atoms with Crippen molar-refractivity contribution >= 4 is 11.8 Å². The first kappa shape index (κ1) is 12.1. The molecule has 3 aliphatic carbocycles. The Kier molecular flexibility index (Phi) is 2.54. The summed E-state index contributed by atoms with van der Waals surface area (Å²) in [5.74, 6) is -0.882. The third kappa shape index (κ3) is 1.19. The lowest BCUT2D eigenvalue weighted by atomic mass is 9.42. The lowest BCUT2D eigenvalue weighted by molar-refractivity contribution is -0.213. The molecule has 0 aromatic carbocycles. The van der Waals surface area contributed by atoms with E-state index in [2.05, 4.69) is 0 Å². The lowest BCUT2D eigenvalue weighted by Gasteiger charge is -2.60. The monoisotopic (exact) mass is 254 g/mol. The average molecular weight is 254 g/mol. The van der Waals surface area contributed by atoms with Gasteiger partial charge in [-0.1, -0.05) is 6.42 Å². The Morgan fingerprint density at radius 2 is 2.11 bits per heavy atom. The van der Waals surface area contributed by atoms with Crippen molar-refractivity contribution in [1.82, 2.24) is 0 Å². The molecule has 3 saturated carbocycles. The standard InChI is InChI=1S/C13H18O5/c1-18-12(17)13-5-8(14)10(15)11(16)9(13)6-3-2-4-7(6)13/h6-10,14-15H,2-5H2,1H3/t6-,7+,8+,9-,10+,13+/m0/s1. The van der Waals surface area contributed by atoms with Crippen LogP contribution in [0.1, 0.15) is 25.7 Å². The van der Waals surface area contributed by atoms with E-state index in [1.807, 2.05) is 0 Å². The molecule has 0 aliphatic heterocycles. The van der Waals surface area contributed by atoms with Crippen molar-refractivity contribution in [2.45, 2.75) is 37.9 Å². The van der Waals surface area contributed by atoms with Gasteiger partial charge in [-0.3, -0.25) is 9.59 Å². The molecule has 5 nitrogen and oxygen atoms in total.